The summed E-state index contributed by atoms with van der Waals surface area (Å²) in [6.45, 7) is 9.42. The molecule has 2 saturated heterocycles. The van der Waals surface area contributed by atoms with E-state index in [4.69, 9.17) is 9.31 Å². The molecule has 1 amide bonds. The molecular formula is C20H28BNO4. The van der Waals surface area contributed by atoms with Crippen molar-refractivity contribution in [2.24, 2.45) is 0 Å². The number of benzene rings is 1. The number of hydrogen-bond donors (Lipinski definition) is 1. The fourth-order valence-corrected chi connectivity index (χ4v) is 4.65. The van der Waals surface area contributed by atoms with E-state index >= 15 is 0 Å². The number of hydrogen-bond acceptors (Lipinski definition) is 4. The van der Waals surface area contributed by atoms with Crippen LogP contribution in [-0.4, -0.2) is 53.9 Å². The third-order valence-corrected chi connectivity index (χ3v) is 6.85. The van der Waals surface area contributed by atoms with E-state index in [0.717, 1.165) is 18.3 Å². The SMILES string of the molecule is CC1(C)OB(c2cccc3c2CCC32CC(=O)N(CCO)C2)OC1(C)C. The third kappa shape index (κ3) is 2.54. The summed E-state index contributed by atoms with van der Waals surface area (Å²) in [5.41, 5.74) is 2.80. The lowest BCUT2D eigenvalue weighted by Crippen LogP contribution is -2.41. The highest BCUT2D eigenvalue weighted by atomic mass is 16.7. The Morgan fingerprint density at radius 3 is 2.54 bits per heavy atom. The van der Waals surface area contributed by atoms with Gasteiger partial charge in [0.15, 0.2) is 0 Å². The summed E-state index contributed by atoms with van der Waals surface area (Å²) in [4.78, 5) is 14.2. The van der Waals surface area contributed by atoms with E-state index in [2.05, 4.69) is 45.9 Å². The van der Waals surface area contributed by atoms with Crippen LogP contribution in [0.3, 0.4) is 0 Å². The predicted octanol–water partition coefficient (Wildman–Crippen LogP) is 1.39. The van der Waals surface area contributed by atoms with E-state index in [0.29, 0.717) is 19.5 Å². The number of amides is 1. The Morgan fingerprint density at radius 2 is 1.88 bits per heavy atom. The smallest absolute Gasteiger partial charge is 0.399 e. The first-order chi connectivity index (χ1) is 12.2. The first-order valence-corrected chi connectivity index (χ1v) is 9.56. The van der Waals surface area contributed by atoms with Crippen molar-refractivity contribution in [3.63, 3.8) is 0 Å². The second-order valence-corrected chi connectivity index (χ2v) is 8.96. The van der Waals surface area contributed by atoms with Gasteiger partial charge in [-0.2, -0.15) is 0 Å². The molecule has 2 fully saturated rings. The normalized spacial score (nSPS) is 29.0. The molecule has 1 aromatic rings. The molecule has 0 saturated carbocycles. The van der Waals surface area contributed by atoms with E-state index in [1.165, 1.54) is 11.1 Å². The van der Waals surface area contributed by atoms with E-state index in [9.17, 15) is 9.90 Å². The largest absolute Gasteiger partial charge is 0.495 e. The molecule has 1 N–H and O–H groups in total. The van der Waals surface area contributed by atoms with Gasteiger partial charge < -0.3 is 19.3 Å². The Labute approximate surface area is 155 Å². The van der Waals surface area contributed by atoms with Crippen LogP contribution in [0.4, 0.5) is 0 Å². The van der Waals surface area contributed by atoms with Gasteiger partial charge in [0, 0.05) is 24.9 Å². The fraction of sp³-hybridized carbons (Fsp3) is 0.650. The van der Waals surface area contributed by atoms with Crippen LogP contribution in [0.25, 0.3) is 0 Å². The molecule has 3 aliphatic rings. The van der Waals surface area contributed by atoms with Gasteiger partial charge in [0.05, 0.1) is 17.8 Å². The Hall–Kier alpha value is -1.37. The second kappa shape index (κ2) is 5.81. The van der Waals surface area contributed by atoms with Crippen molar-refractivity contribution in [3.05, 3.63) is 29.3 Å². The minimum absolute atomic E-state index is 0.0165. The zero-order valence-electron chi connectivity index (χ0n) is 16.2. The first-order valence-electron chi connectivity index (χ1n) is 9.56. The van der Waals surface area contributed by atoms with Crippen LogP contribution in [0.15, 0.2) is 18.2 Å². The van der Waals surface area contributed by atoms with Crippen LogP contribution >= 0.6 is 0 Å². The lowest BCUT2D eigenvalue weighted by Gasteiger charge is -2.32. The number of aliphatic hydroxyl groups excluding tert-OH is 1. The molecule has 0 aromatic heterocycles. The molecule has 1 atom stereocenters. The molecule has 0 radical (unpaired) electrons. The summed E-state index contributed by atoms with van der Waals surface area (Å²) in [6.07, 6.45) is 2.44. The molecule has 0 bridgehead atoms. The van der Waals surface area contributed by atoms with Gasteiger partial charge in [-0.3, -0.25) is 4.79 Å². The van der Waals surface area contributed by atoms with Crippen LogP contribution in [0, 0.1) is 0 Å². The molecule has 2 heterocycles. The lowest BCUT2D eigenvalue weighted by molar-refractivity contribution is -0.128. The zero-order valence-corrected chi connectivity index (χ0v) is 16.2. The van der Waals surface area contributed by atoms with Crippen LogP contribution < -0.4 is 5.46 Å². The minimum Gasteiger partial charge on any atom is -0.399 e. The van der Waals surface area contributed by atoms with Gasteiger partial charge in [-0.1, -0.05) is 18.2 Å². The number of carbonyl (C=O) groups excluding carboxylic acids is 1. The average molecular weight is 357 g/mol. The number of nitrogens with zero attached hydrogens (tertiary/aromatic N) is 1. The molecule has 140 valence electrons. The summed E-state index contributed by atoms with van der Waals surface area (Å²) in [5.74, 6) is 0.146. The molecule has 26 heavy (non-hydrogen) atoms. The maximum Gasteiger partial charge on any atom is 0.495 e. The van der Waals surface area contributed by atoms with E-state index in [-0.39, 0.29) is 36.2 Å². The fourth-order valence-electron chi connectivity index (χ4n) is 4.65. The molecule has 1 aromatic carbocycles. The second-order valence-electron chi connectivity index (χ2n) is 8.96. The van der Waals surface area contributed by atoms with Crippen molar-refractivity contribution in [3.8, 4) is 0 Å². The number of carbonyl (C=O) groups is 1. The average Bonchev–Trinajstić information content (AvgIpc) is 3.14. The lowest BCUT2D eigenvalue weighted by atomic mass is 9.73. The number of β-amino-alcohol motifs (C(OH)–C–C–N with tert-alkyl or cyclic N) is 1. The molecule has 1 aliphatic carbocycles. The molecule has 1 unspecified atom stereocenters. The predicted molar refractivity (Wildman–Crippen MR) is 100 cm³/mol. The van der Waals surface area contributed by atoms with E-state index < -0.39 is 0 Å². The monoisotopic (exact) mass is 357 g/mol. The van der Waals surface area contributed by atoms with Gasteiger partial charge in [0.25, 0.3) is 0 Å². The molecule has 4 rings (SSSR count). The van der Waals surface area contributed by atoms with Crippen LogP contribution in [0.5, 0.6) is 0 Å². The van der Waals surface area contributed by atoms with Crippen LogP contribution in [-0.2, 0) is 25.9 Å². The highest BCUT2D eigenvalue weighted by molar-refractivity contribution is 6.62. The van der Waals surface area contributed by atoms with Crippen molar-refractivity contribution >= 4 is 18.5 Å². The van der Waals surface area contributed by atoms with Gasteiger partial charge in [-0.25, -0.2) is 0 Å². The van der Waals surface area contributed by atoms with Gasteiger partial charge in [0.1, 0.15) is 0 Å². The van der Waals surface area contributed by atoms with Gasteiger partial charge in [-0.05, 0) is 57.1 Å². The number of rotatable bonds is 3. The Bertz CT molecular complexity index is 731. The van der Waals surface area contributed by atoms with Crippen molar-refractivity contribution in [2.75, 3.05) is 19.7 Å². The summed E-state index contributed by atoms with van der Waals surface area (Å²) >= 11 is 0. The maximum absolute atomic E-state index is 12.4. The van der Waals surface area contributed by atoms with Crippen molar-refractivity contribution in [1.29, 1.82) is 0 Å². The number of aliphatic hydroxyl groups is 1. The molecular weight excluding hydrogens is 329 g/mol. The Morgan fingerprint density at radius 1 is 1.19 bits per heavy atom. The highest BCUT2D eigenvalue weighted by Crippen LogP contribution is 2.46. The van der Waals surface area contributed by atoms with Crippen molar-refractivity contribution < 1.29 is 19.2 Å². The summed E-state index contributed by atoms with van der Waals surface area (Å²) in [7, 11) is -0.365. The third-order valence-electron chi connectivity index (χ3n) is 6.85. The molecule has 1 spiro atoms. The topological polar surface area (TPSA) is 59.0 Å². The molecule has 5 nitrogen and oxygen atoms in total. The molecule has 6 heteroatoms. The minimum atomic E-state index is -0.365. The Balaban J connectivity index is 1.68. The van der Waals surface area contributed by atoms with Gasteiger partial charge >= 0.3 is 7.12 Å². The summed E-state index contributed by atoms with van der Waals surface area (Å²) in [6, 6.07) is 6.32. The van der Waals surface area contributed by atoms with E-state index in [1.807, 2.05) is 0 Å². The van der Waals surface area contributed by atoms with Crippen LogP contribution in [0.1, 0.15) is 51.7 Å². The first kappa shape index (κ1) is 18.0. The molecule has 2 aliphatic heterocycles. The summed E-state index contributed by atoms with van der Waals surface area (Å²) in [5, 5.41) is 9.23. The zero-order chi connectivity index (χ0) is 18.7. The van der Waals surface area contributed by atoms with Crippen LogP contribution in [0.2, 0.25) is 0 Å². The van der Waals surface area contributed by atoms with E-state index in [1.54, 1.807) is 4.90 Å². The van der Waals surface area contributed by atoms with Gasteiger partial charge in [0.2, 0.25) is 5.91 Å². The highest BCUT2D eigenvalue weighted by Gasteiger charge is 2.54. The number of fused-ring (bicyclic) bond motifs is 2. The van der Waals surface area contributed by atoms with Crippen molar-refractivity contribution in [1.82, 2.24) is 4.90 Å². The summed E-state index contributed by atoms with van der Waals surface area (Å²) < 4.78 is 12.5. The number of likely N-dealkylation sites (tertiary alicyclic amines) is 1. The van der Waals surface area contributed by atoms with Crippen molar-refractivity contribution in [2.45, 2.75) is 63.6 Å². The standard InChI is InChI=1S/C20H28BNO4/c1-18(2)19(3,4)26-21(25-18)16-7-5-6-15-14(16)8-9-20(15)12-17(24)22(13-20)10-11-23/h5-7,23H,8-13H2,1-4H3. The quantitative estimate of drug-likeness (QED) is 0.831. The Kier molecular flexibility index (Phi) is 4.03. The maximum atomic E-state index is 12.4. The van der Waals surface area contributed by atoms with Gasteiger partial charge in [-0.15, -0.1) is 0 Å².